The quantitative estimate of drug-likeness (QED) is 0.571. The lowest BCUT2D eigenvalue weighted by Gasteiger charge is -2.08. The molecule has 0 fully saturated rings. The zero-order valence-electron chi connectivity index (χ0n) is 5.86. The van der Waals surface area contributed by atoms with Crippen molar-refractivity contribution in [2.45, 2.75) is 13.3 Å². The number of rotatable bonds is 3. The molecule has 0 aromatic rings. The fourth-order valence-corrected chi connectivity index (χ4v) is 0.335. The van der Waals surface area contributed by atoms with E-state index < -0.39 is 0 Å². The molecule has 0 spiro atoms. The molecular weight excluding hydrogens is 120 g/mol. The van der Waals surface area contributed by atoms with Crippen LogP contribution in [-0.2, 0) is 0 Å². The fraction of sp³-hybridized carbons (Fsp3) is 1.00. The van der Waals surface area contributed by atoms with E-state index in [1.807, 2.05) is 19.1 Å². The SMILES string of the molecule is CCCNN(C)C.S. The lowest BCUT2D eigenvalue weighted by molar-refractivity contribution is 0.291. The van der Waals surface area contributed by atoms with Crippen molar-refractivity contribution in [2.75, 3.05) is 20.6 Å². The first-order chi connectivity index (χ1) is 3.27. The molecule has 8 heavy (non-hydrogen) atoms. The van der Waals surface area contributed by atoms with E-state index in [4.69, 9.17) is 0 Å². The first-order valence-corrected chi connectivity index (χ1v) is 2.68. The van der Waals surface area contributed by atoms with Gasteiger partial charge in [0.05, 0.1) is 0 Å². The Hall–Kier alpha value is 0.270. The maximum absolute atomic E-state index is 3.13. The van der Waals surface area contributed by atoms with E-state index in [0.717, 1.165) is 6.54 Å². The Morgan fingerprint density at radius 2 is 1.88 bits per heavy atom. The second-order valence-corrected chi connectivity index (χ2v) is 1.80. The highest BCUT2D eigenvalue weighted by Gasteiger charge is 1.80. The summed E-state index contributed by atoms with van der Waals surface area (Å²) in [4.78, 5) is 0. The third-order valence-corrected chi connectivity index (χ3v) is 0.678. The summed E-state index contributed by atoms with van der Waals surface area (Å²) >= 11 is 0. The van der Waals surface area contributed by atoms with Gasteiger partial charge in [-0.1, -0.05) is 6.92 Å². The van der Waals surface area contributed by atoms with Gasteiger partial charge in [-0.25, -0.2) is 0 Å². The summed E-state index contributed by atoms with van der Waals surface area (Å²) < 4.78 is 0. The highest BCUT2D eigenvalue weighted by Crippen LogP contribution is 1.68. The highest BCUT2D eigenvalue weighted by atomic mass is 32.1. The molecule has 0 aromatic heterocycles. The molecule has 0 aliphatic heterocycles. The summed E-state index contributed by atoms with van der Waals surface area (Å²) in [5.74, 6) is 0. The summed E-state index contributed by atoms with van der Waals surface area (Å²) in [5.41, 5.74) is 3.13. The topological polar surface area (TPSA) is 15.3 Å². The monoisotopic (exact) mass is 136 g/mol. The third kappa shape index (κ3) is 9.55. The molecule has 0 atom stereocenters. The minimum atomic E-state index is 0. The van der Waals surface area contributed by atoms with E-state index in [1.165, 1.54) is 6.42 Å². The van der Waals surface area contributed by atoms with Crippen LogP contribution in [0.2, 0.25) is 0 Å². The smallest absolute Gasteiger partial charge is 0.00993 e. The van der Waals surface area contributed by atoms with Crippen LogP contribution in [0.15, 0.2) is 0 Å². The molecule has 0 unspecified atom stereocenters. The van der Waals surface area contributed by atoms with Crippen molar-refractivity contribution in [3.63, 3.8) is 0 Å². The van der Waals surface area contributed by atoms with Crippen LogP contribution in [0.1, 0.15) is 13.3 Å². The second kappa shape index (κ2) is 7.27. The molecule has 2 nitrogen and oxygen atoms in total. The van der Waals surface area contributed by atoms with Gasteiger partial charge in [-0.3, -0.25) is 10.4 Å². The molecule has 0 aromatic carbocycles. The van der Waals surface area contributed by atoms with E-state index in [2.05, 4.69) is 12.3 Å². The van der Waals surface area contributed by atoms with Crippen molar-refractivity contribution in [3.8, 4) is 0 Å². The number of hydrogen-bond donors (Lipinski definition) is 1. The van der Waals surface area contributed by atoms with E-state index >= 15 is 0 Å². The largest absolute Gasteiger partial charge is 0.256 e. The van der Waals surface area contributed by atoms with Gasteiger partial charge in [-0.2, -0.15) is 13.5 Å². The molecule has 0 rings (SSSR count). The summed E-state index contributed by atoms with van der Waals surface area (Å²) in [7, 11) is 3.99. The predicted molar refractivity (Wildman–Crippen MR) is 42.4 cm³/mol. The van der Waals surface area contributed by atoms with Gasteiger partial charge in [-0.15, -0.1) is 0 Å². The summed E-state index contributed by atoms with van der Waals surface area (Å²) in [5, 5.41) is 1.96. The molecule has 52 valence electrons. The summed E-state index contributed by atoms with van der Waals surface area (Å²) in [6.45, 7) is 3.23. The van der Waals surface area contributed by atoms with Gasteiger partial charge in [0.2, 0.25) is 0 Å². The van der Waals surface area contributed by atoms with Crippen LogP contribution in [-0.4, -0.2) is 25.6 Å². The molecule has 0 amide bonds. The van der Waals surface area contributed by atoms with Crippen molar-refractivity contribution >= 4 is 13.5 Å². The number of hydrogen-bond acceptors (Lipinski definition) is 2. The number of nitrogens with zero attached hydrogens (tertiary/aromatic N) is 1. The lowest BCUT2D eigenvalue weighted by Crippen LogP contribution is -2.30. The Labute approximate surface area is 58.7 Å². The first kappa shape index (κ1) is 11.1. The zero-order chi connectivity index (χ0) is 5.70. The van der Waals surface area contributed by atoms with E-state index in [0.29, 0.717) is 0 Å². The van der Waals surface area contributed by atoms with Gasteiger partial charge in [0.1, 0.15) is 0 Å². The maximum atomic E-state index is 3.13. The molecule has 0 saturated carbocycles. The zero-order valence-corrected chi connectivity index (χ0v) is 6.86. The van der Waals surface area contributed by atoms with Gasteiger partial charge >= 0.3 is 0 Å². The standard InChI is InChI=1S/C5H14N2.H2S/c1-4-5-6-7(2)3;/h6H,4-5H2,1-3H3;1H2. The van der Waals surface area contributed by atoms with Gasteiger partial charge in [0.25, 0.3) is 0 Å². The fourth-order valence-electron chi connectivity index (χ4n) is 0.335. The molecule has 0 bridgehead atoms. The van der Waals surface area contributed by atoms with Crippen molar-refractivity contribution < 1.29 is 0 Å². The molecule has 0 aliphatic rings. The third-order valence-electron chi connectivity index (χ3n) is 0.678. The van der Waals surface area contributed by atoms with Crippen LogP contribution in [0.25, 0.3) is 0 Å². The Balaban J connectivity index is 0. The van der Waals surface area contributed by atoms with Crippen molar-refractivity contribution in [2.24, 2.45) is 0 Å². The van der Waals surface area contributed by atoms with Crippen LogP contribution < -0.4 is 5.43 Å². The first-order valence-electron chi connectivity index (χ1n) is 2.68. The molecule has 1 N–H and O–H groups in total. The van der Waals surface area contributed by atoms with Gasteiger partial charge < -0.3 is 0 Å². The lowest BCUT2D eigenvalue weighted by atomic mass is 10.5. The summed E-state index contributed by atoms with van der Waals surface area (Å²) in [6, 6.07) is 0. The molecular formula is C5H16N2S. The van der Waals surface area contributed by atoms with Crippen molar-refractivity contribution in [1.29, 1.82) is 0 Å². The van der Waals surface area contributed by atoms with Crippen molar-refractivity contribution in [3.05, 3.63) is 0 Å². The van der Waals surface area contributed by atoms with Crippen LogP contribution in [0.3, 0.4) is 0 Å². The molecule has 0 saturated heterocycles. The van der Waals surface area contributed by atoms with E-state index in [1.54, 1.807) is 0 Å². The number of hydrazine groups is 1. The average Bonchev–Trinajstić information content (AvgIpc) is 1.61. The number of nitrogens with one attached hydrogen (secondary N) is 1. The molecule has 0 radical (unpaired) electrons. The molecule has 3 heteroatoms. The summed E-state index contributed by atoms with van der Waals surface area (Å²) in [6.07, 6.45) is 1.19. The van der Waals surface area contributed by atoms with Gasteiger partial charge in [0.15, 0.2) is 0 Å². The minimum absolute atomic E-state index is 0. The Morgan fingerprint density at radius 1 is 1.38 bits per heavy atom. The highest BCUT2D eigenvalue weighted by molar-refractivity contribution is 7.59. The Morgan fingerprint density at radius 3 is 2.00 bits per heavy atom. The molecule has 0 heterocycles. The van der Waals surface area contributed by atoms with Gasteiger partial charge in [-0.05, 0) is 6.42 Å². The normalized spacial score (nSPS) is 9.00. The molecule has 0 aliphatic carbocycles. The van der Waals surface area contributed by atoms with Crippen LogP contribution in [0.4, 0.5) is 0 Å². The van der Waals surface area contributed by atoms with Crippen LogP contribution >= 0.6 is 13.5 Å². The van der Waals surface area contributed by atoms with E-state index in [-0.39, 0.29) is 13.5 Å². The average molecular weight is 136 g/mol. The van der Waals surface area contributed by atoms with E-state index in [9.17, 15) is 0 Å². The Kier molecular flexibility index (Phi) is 10.1. The van der Waals surface area contributed by atoms with Crippen LogP contribution in [0, 0.1) is 0 Å². The Bertz CT molecular complexity index is 39.4. The van der Waals surface area contributed by atoms with Crippen LogP contribution in [0.5, 0.6) is 0 Å². The van der Waals surface area contributed by atoms with Gasteiger partial charge in [0, 0.05) is 20.6 Å². The van der Waals surface area contributed by atoms with Crippen molar-refractivity contribution in [1.82, 2.24) is 10.4 Å². The second-order valence-electron chi connectivity index (χ2n) is 1.80. The maximum Gasteiger partial charge on any atom is 0.00993 e. The minimum Gasteiger partial charge on any atom is -0.256 e. The predicted octanol–water partition coefficient (Wildman–Crippen LogP) is 0.575.